The lowest BCUT2D eigenvalue weighted by Crippen LogP contribution is -2.57. The monoisotopic (exact) mass is 407 g/mol. The maximum Gasteiger partial charge on any atom is 0.226 e. The molecule has 0 bridgehead atoms. The van der Waals surface area contributed by atoms with Crippen molar-refractivity contribution in [3.8, 4) is 11.5 Å². The van der Waals surface area contributed by atoms with Crippen LogP contribution in [0.5, 0.6) is 11.5 Å². The van der Waals surface area contributed by atoms with Crippen LogP contribution < -0.4 is 25.4 Å². The molecule has 0 aliphatic carbocycles. The lowest BCUT2D eigenvalue weighted by atomic mass is 10.0. The summed E-state index contributed by atoms with van der Waals surface area (Å²) >= 11 is 0. The van der Waals surface area contributed by atoms with Crippen LogP contribution in [0.3, 0.4) is 0 Å². The van der Waals surface area contributed by atoms with Gasteiger partial charge in [-0.2, -0.15) is 0 Å². The number of hydrogen-bond acceptors (Lipinski definition) is 7. The molecule has 2 atom stereocenters. The highest BCUT2D eigenvalue weighted by atomic mass is 16.5. The van der Waals surface area contributed by atoms with Crippen molar-refractivity contribution >= 4 is 22.8 Å². The average Bonchev–Trinajstić information content (AvgIpc) is 2.74. The first kappa shape index (κ1) is 19.9. The average molecular weight is 407 g/mol. The van der Waals surface area contributed by atoms with E-state index >= 15 is 0 Å². The van der Waals surface area contributed by atoms with Gasteiger partial charge in [0, 0.05) is 23.4 Å². The van der Waals surface area contributed by atoms with Crippen LogP contribution in [0, 0.1) is 6.92 Å². The van der Waals surface area contributed by atoms with Gasteiger partial charge in [-0.3, -0.25) is 10.1 Å². The van der Waals surface area contributed by atoms with Crippen molar-refractivity contribution in [3.63, 3.8) is 0 Å². The van der Waals surface area contributed by atoms with E-state index in [1.54, 1.807) is 7.11 Å². The Morgan fingerprint density at radius 1 is 1.13 bits per heavy atom. The number of anilines is 1. The molecule has 8 heteroatoms. The molecule has 1 amide bonds. The second-order valence-corrected chi connectivity index (χ2v) is 7.03. The highest BCUT2D eigenvalue weighted by Crippen LogP contribution is 2.29. The number of aryl methyl sites for hydroxylation is 1. The predicted molar refractivity (Wildman–Crippen MR) is 114 cm³/mol. The Hall–Kier alpha value is -3.39. The van der Waals surface area contributed by atoms with Crippen LogP contribution in [0.2, 0.25) is 0 Å². The van der Waals surface area contributed by atoms with Crippen molar-refractivity contribution < 1.29 is 14.3 Å². The van der Waals surface area contributed by atoms with E-state index in [1.807, 2.05) is 56.3 Å². The molecule has 2 heterocycles. The fourth-order valence-electron chi connectivity index (χ4n) is 3.68. The third-order valence-corrected chi connectivity index (χ3v) is 5.03. The highest BCUT2D eigenvalue weighted by molar-refractivity contribution is 5.87. The number of rotatable bonds is 6. The first-order valence-corrected chi connectivity index (χ1v) is 9.94. The molecule has 3 N–H and O–H groups in total. The molecule has 2 unspecified atom stereocenters. The normalized spacial score (nSPS) is 18.7. The van der Waals surface area contributed by atoms with Gasteiger partial charge in [-0.1, -0.05) is 30.3 Å². The van der Waals surface area contributed by atoms with Crippen LogP contribution in [0.1, 0.15) is 30.6 Å². The summed E-state index contributed by atoms with van der Waals surface area (Å²) in [5.41, 5.74) is 2.49. The molecule has 4 rings (SSSR count). The minimum absolute atomic E-state index is 0.0744. The number of benzene rings is 2. The first-order chi connectivity index (χ1) is 14.6. The number of nitrogens with zero attached hydrogens (tertiary/aromatic N) is 2. The molecule has 1 saturated heterocycles. The van der Waals surface area contributed by atoms with Gasteiger partial charge < -0.3 is 20.1 Å². The summed E-state index contributed by atoms with van der Waals surface area (Å²) in [7, 11) is 1.62. The molecule has 156 valence electrons. The second-order valence-electron chi connectivity index (χ2n) is 7.03. The third-order valence-electron chi connectivity index (χ3n) is 5.03. The van der Waals surface area contributed by atoms with E-state index in [0.717, 1.165) is 27.9 Å². The standard InChI is InChI=1S/C22H25N5O3/c1-4-30-18-11-7-9-14-13(2)23-21(26-20(14)18)27-22-24-16(12-19(28)25-22)15-8-5-6-10-17(15)29-3/h5-11,16,22,24H,4,12H2,1-3H3,(H,25,28)(H,23,26,27). The number of carbonyl (C=O) groups is 1. The number of amides is 1. The Bertz CT molecular complexity index is 1070. The van der Waals surface area contributed by atoms with Crippen molar-refractivity contribution in [2.75, 3.05) is 19.0 Å². The lowest BCUT2D eigenvalue weighted by molar-refractivity contribution is -0.124. The fourth-order valence-corrected chi connectivity index (χ4v) is 3.68. The molecule has 8 nitrogen and oxygen atoms in total. The smallest absolute Gasteiger partial charge is 0.226 e. The highest BCUT2D eigenvalue weighted by Gasteiger charge is 2.29. The largest absolute Gasteiger partial charge is 0.496 e. The molecule has 0 radical (unpaired) electrons. The number of aromatic nitrogens is 2. The van der Waals surface area contributed by atoms with Crippen molar-refractivity contribution in [3.05, 3.63) is 53.7 Å². The van der Waals surface area contributed by atoms with Crippen LogP contribution in [0.4, 0.5) is 5.95 Å². The zero-order valence-electron chi connectivity index (χ0n) is 17.2. The molecule has 1 aliphatic heterocycles. The Morgan fingerprint density at radius 2 is 1.93 bits per heavy atom. The van der Waals surface area contributed by atoms with Gasteiger partial charge in [0.15, 0.2) is 6.29 Å². The Kier molecular flexibility index (Phi) is 5.67. The predicted octanol–water partition coefficient (Wildman–Crippen LogP) is 2.89. The molecule has 30 heavy (non-hydrogen) atoms. The van der Waals surface area contributed by atoms with E-state index in [2.05, 4.69) is 25.9 Å². The van der Waals surface area contributed by atoms with E-state index in [4.69, 9.17) is 9.47 Å². The summed E-state index contributed by atoms with van der Waals surface area (Å²) in [5, 5.41) is 10.4. The number of fused-ring (bicyclic) bond motifs is 1. The number of para-hydroxylation sites is 2. The Morgan fingerprint density at radius 3 is 2.73 bits per heavy atom. The first-order valence-electron chi connectivity index (χ1n) is 9.94. The Balaban J connectivity index is 1.61. The molecule has 0 spiro atoms. The van der Waals surface area contributed by atoms with E-state index < -0.39 is 6.29 Å². The van der Waals surface area contributed by atoms with Gasteiger partial charge in [-0.05, 0) is 26.0 Å². The summed E-state index contributed by atoms with van der Waals surface area (Å²) in [6.45, 7) is 4.41. The number of carbonyl (C=O) groups excluding carboxylic acids is 1. The van der Waals surface area contributed by atoms with E-state index in [0.29, 0.717) is 24.7 Å². The summed E-state index contributed by atoms with van der Waals surface area (Å²) < 4.78 is 11.2. The molecule has 0 saturated carbocycles. The summed E-state index contributed by atoms with van der Waals surface area (Å²) in [6.07, 6.45) is -0.220. The topological polar surface area (TPSA) is 97.4 Å². The van der Waals surface area contributed by atoms with E-state index in [1.165, 1.54) is 0 Å². The third kappa shape index (κ3) is 3.99. The molecular weight excluding hydrogens is 382 g/mol. The van der Waals surface area contributed by atoms with Gasteiger partial charge in [-0.25, -0.2) is 9.97 Å². The number of nitrogens with one attached hydrogen (secondary N) is 3. The van der Waals surface area contributed by atoms with E-state index in [-0.39, 0.29) is 11.9 Å². The van der Waals surface area contributed by atoms with Crippen LogP contribution in [-0.2, 0) is 4.79 Å². The molecular formula is C22H25N5O3. The molecule has 1 aliphatic rings. The van der Waals surface area contributed by atoms with Crippen molar-refractivity contribution in [1.29, 1.82) is 0 Å². The number of ether oxygens (including phenoxy) is 2. The second kappa shape index (κ2) is 8.54. The van der Waals surface area contributed by atoms with Gasteiger partial charge in [0.25, 0.3) is 0 Å². The zero-order chi connectivity index (χ0) is 21.1. The van der Waals surface area contributed by atoms with Crippen molar-refractivity contribution in [2.24, 2.45) is 0 Å². The summed E-state index contributed by atoms with van der Waals surface area (Å²) in [5.74, 6) is 1.78. The lowest BCUT2D eigenvalue weighted by Gasteiger charge is -2.32. The van der Waals surface area contributed by atoms with Gasteiger partial charge in [0.1, 0.15) is 17.0 Å². The van der Waals surface area contributed by atoms with Gasteiger partial charge in [0.2, 0.25) is 11.9 Å². The maximum atomic E-state index is 12.4. The Labute approximate surface area is 175 Å². The summed E-state index contributed by atoms with van der Waals surface area (Å²) in [4.78, 5) is 21.6. The van der Waals surface area contributed by atoms with Crippen LogP contribution in [-0.4, -0.2) is 35.9 Å². The van der Waals surface area contributed by atoms with E-state index in [9.17, 15) is 4.79 Å². The molecule has 3 aromatic rings. The summed E-state index contributed by atoms with van der Waals surface area (Å²) in [6, 6.07) is 13.3. The van der Waals surface area contributed by atoms with Crippen LogP contribution >= 0.6 is 0 Å². The minimum Gasteiger partial charge on any atom is -0.496 e. The number of hydrogen-bond donors (Lipinski definition) is 3. The SMILES string of the molecule is CCOc1cccc2c(C)nc(NC3NC(=O)CC(c4ccccc4OC)N3)nc12. The van der Waals surface area contributed by atoms with Crippen molar-refractivity contribution in [1.82, 2.24) is 20.6 Å². The molecule has 2 aromatic carbocycles. The van der Waals surface area contributed by atoms with Crippen LogP contribution in [0.15, 0.2) is 42.5 Å². The molecule has 1 aromatic heterocycles. The van der Waals surface area contributed by atoms with Crippen molar-refractivity contribution in [2.45, 2.75) is 32.6 Å². The van der Waals surface area contributed by atoms with Gasteiger partial charge >= 0.3 is 0 Å². The van der Waals surface area contributed by atoms with Crippen LogP contribution in [0.25, 0.3) is 10.9 Å². The van der Waals surface area contributed by atoms with Gasteiger partial charge in [0.05, 0.1) is 19.4 Å². The maximum absolute atomic E-state index is 12.4. The quantitative estimate of drug-likeness (QED) is 0.578. The fraction of sp³-hybridized carbons (Fsp3) is 0.318. The zero-order valence-corrected chi connectivity index (χ0v) is 17.2. The van der Waals surface area contributed by atoms with Gasteiger partial charge in [-0.15, -0.1) is 0 Å². The minimum atomic E-state index is -0.530. The molecule has 1 fully saturated rings. The number of methoxy groups -OCH3 is 1.